The van der Waals surface area contributed by atoms with Gasteiger partial charge in [-0.15, -0.1) is 11.3 Å². The molecule has 1 aromatic carbocycles. The van der Waals surface area contributed by atoms with Crippen LogP contribution in [0.15, 0.2) is 29.6 Å². The third kappa shape index (κ3) is 3.35. The topological polar surface area (TPSA) is 70.5 Å². The molecule has 138 valence electrons. The average Bonchev–Trinajstić information content (AvgIpc) is 3.24. The number of carbonyl (C=O) groups excluding carboxylic acids is 1. The van der Waals surface area contributed by atoms with Gasteiger partial charge in [0.05, 0.1) is 10.4 Å². The van der Waals surface area contributed by atoms with E-state index in [-0.39, 0.29) is 24.2 Å². The maximum Gasteiger partial charge on any atom is 0.311 e. The summed E-state index contributed by atoms with van der Waals surface area (Å²) in [6.45, 7) is 4.34. The summed E-state index contributed by atoms with van der Waals surface area (Å²) in [4.78, 5) is 30.3. The molecule has 1 aliphatic heterocycles. The van der Waals surface area contributed by atoms with E-state index in [1.165, 1.54) is 17.4 Å². The second-order valence-corrected chi connectivity index (χ2v) is 7.93. The van der Waals surface area contributed by atoms with Crippen LogP contribution in [0.25, 0.3) is 0 Å². The molecule has 1 fully saturated rings. The number of halogens is 1. The van der Waals surface area contributed by atoms with Crippen LogP contribution in [0.3, 0.4) is 0 Å². The maximum absolute atomic E-state index is 13.8. The van der Waals surface area contributed by atoms with Crippen molar-refractivity contribution in [1.29, 1.82) is 0 Å². The summed E-state index contributed by atoms with van der Waals surface area (Å²) in [5.41, 5.74) is -0.0696. The van der Waals surface area contributed by atoms with Gasteiger partial charge in [-0.1, -0.05) is 32.0 Å². The molecule has 3 rings (SSSR count). The van der Waals surface area contributed by atoms with Gasteiger partial charge >= 0.3 is 5.97 Å². The third-order valence-corrected chi connectivity index (χ3v) is 6.04. The Morgan fingerprint density at radius 1 is 1.38 bits per heavy atom. The number of carbonyl (C=O) groups is 2. The van der Waals surface area contributed by atoms with E-state index in [0.29, 0.717) is 35.7 Å². The van der Waals surface area contributed by atoms with Gasteiger partial charge in [-0.3, -0.25) is 9.59 Å². The van der Waals surface area contributed by atoms with Gasteiger partial charge in [0.15, 0.2) is 0 Å². The Balaban J connectivity index is 1.73. The van der Waals surface area contributed by atoms with E-state index < -0.39 is 11.4 Å². The van der Waals surface area contributed by atoms with E-state index in [1.54, 1.807) is 28.5 Å². The maximum atomic E-state index is 13.8. The molecule has 1 amide bonds. The van der Waals surface area contributed by atoms with Gasteiger partial charge in [0, 0.05) is 24.9 Å². The van der Waals surface area contributed by atoms with Gasteiger partial charge in [-0.25, -0.2) is 9.37 Å². The van der Waals surface area contributed by atoms with Crippen LogP contribution in [0.1, 0.15) is 41.3 Å². The highest BCUT2D eigenvalue weighted by Gasteiger charge is 2.48. The molecule has 0 spiro atoms. The number of benzene rings is 1. The zero-order valence-corrected chi connectivity index (χ0v) is 15.6. The monoisotopic (exact) mass is 376 g/mol. The fraction of sp³-hybridized carbons (Fsp3) is 0.421. The molecule has 5 nitrogen and oxygen atoms in total. The molecular formula is C19H21FN2O3S. The third-order valence-electron chi connectivity index (χ3n) is 5.19. The molecule has 2 aromatic rings. The highest BCUT2D eigenvalue weighted by atomic mass is 32.1. The van der Waals surface area contributed by atoms with E-state index >= 15 is 0 Å². The van der Waals surface area contributed by atoms with Gasteiger partial charge < -0.3 is 10.0 Å². The van der Waals surface area contributed by atoms with Crippen molar-refractivity contribution in [2.45, 2.75) is 26.7 Å². The second kappa shape index (κ2) is 7.15. The smallest absolute Gasteiger partial charge is 0.311 e. The zero-order valence-electron chi connectivity index (χ0n) is 14.7. The average molecular weight is 376 g/mol. The van der Waals surface area contributed by atoms with Crippen molar-refractivity contribution in [3.05, 3.63) is 51.7 Å². The van der Waals surface area contributed by atoms with E-state index in [1.807, 2.05) is 13.8 Å². The number of rotatable bonds is 5. The lowest BCUT2D eigenvalue weighted by atomic mass is 9.76. The molecule has 1 aromatic heterocycles. The van der Waals surface area contributed by atoms with E-state index in [2.05, 4.69) is 4.98 Å². The predicted octanol–water partition coefficient (Wildman–Crippen LogP) is 3.45. The molecule has 1 aliphatic rings. The Hall–Kier alpha value is -2.28. The lowest BCUT2D eigenvalue weighted by Gasteiger charge is -2.28. The van der Waals surface area contributed by atoms with Crippen LogP contribution in [0.5, 0.6) is 0 Å². The molecule has 0 saturated carbocycles. The number of nitrogens with zero attached hydrogens (tertiary/aromatic N) is 2. The molecule has 1 N–H and O–H groups in total. The minimum Gasteiger partial charge on any atom is -0.481 e. The van der Waals surface area contributed by atoms with E-state index in [9.17, 15) is 19.1 Å². The number of aliphatic carboxylic acids is 1. The highest BCUT2D eigenvalue weighted by Crippen LogP contribution is 2.38. The number of hydrogen-bond donors (Lipinski definition) is 1. The van der Waals surface area contributed by atoms with Crippen LogP contribution < -0.4 is 0 Å². The van der Waals surface area contributed by atoms with Crippen LogP contribution in [-0.4, -0.2) is 40.0 Å². The second-order valence-electron chi connectivity index (χ2n) is 6.99. The van der Waals surface area contributed by atoms with Crippen molar-refractivity contribution >= 4 is 23.2 Å². The molecule has 1 unspecified atom stereocenters. The highest BCUT2D eigenvalue weighted by molar-refractivity contribution is 7.09. The first-order valence-corrected chi connectivity index (χ1v) is 9.42. The molecule has 0 bridgehead atoms. The van der Waals surface area contributed by atoms with Crippen LogP contribution in [-0.2, 0) is 11.2 Å². The normalized spacial score (nSPS) is 19.9. The molecule has 0 radical (unpaired) electrons. The van der Waals surface area contributed by atoms with Gasteiger partial charge in [0.25, 0.3) is 5.91 Å². The van der Waals surface area contributed by atoms with Crippen molar-refractivity contribution in [2.75, 3.05) is 13.1 Å². The summed E-state index contributed by atoms with van der Waals surface area (Å²) in [6, 6.07) is 6.49. The number of hydrogen-bond acceptors (Lipinski definition) is 4. The summed E-state index contributed by atoms with van der Waals surface area (Å²) in [6.07, 6.45) is 0.771. The van der Waals surface area contributed by atoms with E-state index in [0.717, 1.165) is 0 Å². The lowest BCUT2D eigenvalue weighted by Crippen LogP contribution is -2.40. The quantitative estimate of drug-likeness (QED) is 0.868. The van der Waals surface area contributed by atoms with Crippen LogP contribution >= 0.6 is 11.3 Å². The largest absolute Gasteiger partial charge is 0.481 e. The Labute approximate surface area is 155 Å². The Bertz CT molecular complexity index is 836. The lowest BCUT2D eigenvalue weighted by molar-refractivity contribution is -0.150. The van der Waals surface area contributed by atoms with Gasteiger partial charge in [0.2, 0.25) is 0 Å². The Morgan fingerprint density at radius 2 is 2.12 bits per heavy atom. The summed E-state index contributed by atoms with van der Waals surface area (Å²) in [5, 5.41) is 11.9. The first-order valence-electron chi connectivity index (χ1n) is 8.54. The first kappa shape index (κ1) is 18.5. The molecule has 26 heavy (non-hydrogen) atoms. The van der Waals surface area contributed by atoms with Crippen molar-refractivity contribution in [2.24, 2.45) is 11.3 Å². The minimum absolute atomic E-state index is 0.0650. The molecule has 2 heterocycles. The number of likely N-dealkylation sites (tertiary alicyclic amines) is 1. The van der Waals surface area contributed by atoms with Crippen LogP contribution in [0.4, 0.5) is 4.39 Å². The number of aromatic nitrogens is 1. The standard InChI is InChI=1S/C19H21FN2O3S/c1-12(2)19(18(24)25)7-8-22(11-19)17(23)15-10-26-16(21-15)9-13-5-3-4-6-14(13)20/h3-6,10,12H,7-9,11H2,1-2H3,(H,24,25). The number of amides is 1. The van der Waals surface area contributed by atoms with Gasteiger partial charge in [0.1, 0.15) is 11.5 Å². The number of carboxylic acid groups (broad SMARTS) is 1. The van der Waals surface area contributed by atoms with E-state index in [4.69, 9.17) is 0 Å². The number of thiazole rings is 1. The number of carboxylic acids is 1. The summed E-state index contributed by atoms with van der Waals surface area (Å²) in [7, 11) is 0. The summed E-state index contributed by atoms with van der Waals surface area (Å²) < 4.78 is 13.8. The fourth-order valence-electron chi connectivity index (χ4n) is 3.36. The Morgan fingerprint density at radius 3 is 2.73 bits per heavy atom. The fourth-order valence-corrected chi connectivity index (χ4v) is 4.15. The van der Waals surface area contributed by atoms with Crippen LogP contribution in [0, 0.1) is 17.2 Å². The van der Waals surface area contributed by atoms with Crippen molar-refractivity contribution in [3.63, 3.8) is 0 Å². The SMILES string of the molecule is CC(C)C1(C(=O)O)CCN(C(=O)c2csc(Cc3ccccc3F)n2)C1. The molecule has 1 atom stereocenters. The van der Waals surface area contributed by atoms with Gasteiger partial charge in [-0.05, 0) is 24.0 Å². The summed E-state index contributed by atoms with van der Waals surface area (Å²) >= 11 is 1.31. The van der Waals surface area contributed by atoms with Crippen molar-refractivity contribution in [1.82, 2.24) is 9.88 Å². The Kier molecular flexibility index (Phi) is 5.09. The van der Waals surface area contributed by atoms with Crippen molar-refractivity contribution < 1.29 is 19.1 Å². The van der Waals surface area contributed by atoms with Crippen LogP contribution in [0.2, 0.25) is 0 Å². The summed E-state index contributed by atoms with van der Waals surface area (Å²) in [5.74, 6) is -1.48. The predicted molar refractivity (Wildman–Crippen MR) is 96.7 cm³/mol. The molecule has 0 aliphatic carbocycles. The first-order chi connectivity index (χ1) is 12.3. The molecule has 1 saturated heterocycles. The van der Waals surface area contributed by atoms with Gasteiger partial charge in [-0.2, -0.15) is 0 Å². The minimum atomic E-state index is -0.901. The zero-order chi connectivity index (χ0) is 18.9. The molecular weight excluding hydrogens is 355 g/mol. The molecule has 7 heteroatoms. The van der Waals surface area contributed by atoms with Crippen molar-refractivity contribution in [3.8, 4) is 0 Å².